The lowest BCUT2D eigenvalue weighted by Crippen LogP contribution is -2.04. The Kier molecular flexibility index (Phi) is 5.63. The summed E-state index contributed by atoms with van der Waals surface area (Å²) in [5.41, 5.74) is 1.23. The van der Waals surface area contributed by atoms with Gasteiger partial charge in [0.1, 0.15) is 5.82 Å². The summed E-state index contributed by atoms with van der Waals surface area (Å²) in [5, 5.41) is 13.5. The highest BCUT2D eigenvalue weighted by molar-refractivity contribution is 7.98. The lowest BCUT2D eigenvalue weighted by molar-refractivity contribution is 0.384. The average Bonchev–Trinajstić information content (AvgIpc) is 3.21. The van der Waals surface area contributed by atoms with Crippen LogP contribution in [0.15, 0.2) is 40.0 Å². The third-order valence-electron chi connectivity index (χ3n) is 3.62. The molecule has 2 heterocycles. The molecule has 0 bridgehead atoms. The van der Waals surface area contributed by atoms with E-state index in [0.717, 1.165) is 42.6 Å². The van der Waals surface area contributed by atoms with Crippen molar-refractivity contribution in [3.63, 3.8) is 0 Å². The second kappa shape index (κ2) is 8.10. The van der Waals surface area contributed by atoms with Crippen molar-refractivity contribution in [1.82, 2.24) is 24.9 Å². The maximum Gasteiger partial charge on any atom is 0.237 e. The fourth-order valence-corrected chi connectivity index (χ4v) is 3.31. The number of nitrogens with zero attached hydrogens (tertiary/aromatic N) is 5. The van der Waals surface area contributed by atoms with Gasteiger partial charge in [-0.25, -0.2) is 0 Å². The molecule has 0 radical (unpaired) electrons. The fraction of sp³-hybridized carbons (Fsp3) is 0.412. The molecule has 0 fully saturated rings. The molecule has 0 spiro atoms. The predicted molar refractivity (Wildman–Crippen MR) is 92.8 cm³/mol. The maximum absolute atomic E-state index is 5.28. The summed E-state index contributed by atoms with van der Waals surface area (Å²) in [4.78, 5) is 4.39. The molecule has 0 saturated heterocycles. The minimum Gasteiger partial charge on any atom is -0.338 e. The van der Waals surface area contributed by atoms with Crippen LogP contribution in [0, 0.1) is 0 Å². The van der Waals surface area contributed by atoms with Crippen LogP contribution in [0.3, 0.4) is 0 Å². The molecule has 0 atom stereocenters. The molecule has 7 heteroatoms. The van der Waals surface area contributed by atoms with E-state index in [9.17, 15) is 0 Å². The molecule has 0 aliphatic heterocycles. The van der Waals surface area contributed by atoms with Gasteiger partial charge in [0, 0.05) is 19.4 Å². The summed E-state index contributed by atoms with van der Waals surface area (Å²) in [7, 11) is 0. The van der Waals surface area contributed by atoms with E-state index in [4.69, 9.17) is 4.52 Å². The van der Waals surface area contributed by atoms with Crippen molar-refractivity contribution in [1.29, 1.82) is 0 Å². The molecule has 1 aromatic carbocycles. The summed E-state index contributed by atoms with van der Waals surface area (Å²) in [6.07, 6.45) is 2.64. The average molecular weight is 343 g/mol. The lowest BCUT2D eigenvalue weighted by atomic mass is 10.1. The molecule has 2 aromatic heterocycles. The number of rotatable bonds is 8. The second-order valence-corrected chi connectivity index (χ2v) is 6.39. The highest BCUT2D eigenvalue weighted by Crippen LogP contribution is 2.22. The van der Waals surface area contributed by atoms with Crippen LogP contribution in [0.5, 0.6) is 0 Å². The molecule has 3 aromatic rings. The van der Waals surface area contributed by atoms with Crippen molar-refractivity contribution in [3.05, 3.63) is 53.4 Å². The summed E-state index contributed by atoms with van der Waals surface area (Å²) in [6.45, 7) is 5.04. The first-order chi connectivity index (χ1) is 11.8. The first-order valence-electron chi connectivity index (χ1n) is 8.20. The van der Waals surface area contributed by atoms with Crippen molar-refractivity contribution in [3.8, 4) is 0 Å². The summed E-state index contributed by atoms with van der Waals surface area (Å²) >= 11 is 1.58. The molecular weight excluding hydrogens is 322 g/mol. The van der Waals surface area contributed by atoms with Crippen LogP contribution in [-0.4, -0.2) is 24.9 Å². The van der Waals surface area contributed by atoms with Crippen LogP contribution in [0.2, 0.25) is 0 Å². The zero-order chi connectivity index (χ0) is 16.8. The topological polar surface area (TPSA) is 69.6 Å². The number of aromatic nitrogens is 5. The molecule has 0 unspecified atom stereocenters. The zero-order valence-electron chi connectivity index (χ0n) is 14.0. The molecule has 0 saturated carbocycles. The Balaban J connectivity index is 1.67. The molecular formula is C17H21N5OS. The molecule has 6 nitrogen and oxygen atoms in total. The minimum atomic E-state index is 0.611. The number of benzene rings is 1. The molecule has 0 amide bonds. The van der Waals surface area contributed by atoms with E-state index in [2.05, 4.69) is 50.9 Å². The summed E-state index contributed by atoms with van der Waals surface area (Å²) in [5.74, 6) is 3.00. The number of aryl methyl sites for hydroxylation is 1. The van der Waals surface area contributed by atoms with Crippen LogP contribution in [0.25, 0.3) is 0 Å². The van der Waals surface area contributed by atoms with Crippen molar-refractivity contribution >= 4 is 11.8 Å². The SMILES string of the molecule is CCCc1noc(CSc2nnc(Cc3ccccc3)n2CC)n1. The number of thioether (sulfide) groups is 1. The third-order valence-corrected chi connectivity index (χ3v) is 4.57. The van der Waals surface area contributed by atoms with E-state index >= 15 is 0 Å². The number of hydrogen-bond donors (Lipinski definition) is 0. The van der Waals surface area contributed by atoms with Crippen molar-refractivity contribution < 1.29 is 4.52 Å². The van der Waals surface area contributed by atoms with Crippen LogP contribution < -0.4 is 0 Å². The van der Waals surface area contributed by atoms with Gasteiger partial charge < -0.3 is 9.09 Å². The van der Waals surface area contributed by atoms with Crippen LogP contribution in [0.4, 0.5) is 0 Å². The smallest absolute Gasteiger partial charge is 0.237 e. The van der Waals surface area contributed by atoms with Crippen LogP contribution >= 0.6 is 11.8 Å². The Labute approximate surface area is 145 Å². The lowest BCUT2D eigenvalue weighted by Gasteiger charge is -2.06. The van der Waals surface area contributed by atoms with E-state index in [1.165, 1.54) is 5.56 Å². The van der Waals surface area contributed by atoms with Gasteiger partial charge in [-0.3, -0.25) is 0 Å². The van der Waals surface area contributed by atoms with Crippen molar-refractivity contribution in [2.75, 3.05) is 0 Å². The summed E-state index contributed by atoms with van der Waals surface area (Å²) in [6, 6.07) is 10.3. The van der Waals surface area contributed by atoms with E-state index in [0.29, 0.717) is 11.6 Å². The van der Waals surface area contributed by atoms with E-state index < -0.39 is 0 Å². The molecule has 0 aliphatic rings. The first-order valence-corrected chi connectivity index (χ1v) is 9.19. The van der Waals surface area contributed by atoms with Crippen LogP contribution in [0.1, 0.15) is 43.4 Å². The van der Waals surface area contributed by atoms with Gasteiger partial charge in [0.25, 0.3) is 0 Å². The zero-order valence-corrected chi connectivity index (χ0v) is 14.8. The Morgan fingerprint density at radius 3 is 2.71 bits per heavy atom. The predicted octanol–water partition coefficient (Wildman–Crippen LogP) is 3.52. The van der Waals surface area contributed by atoms with Gasteiger partial charge in [-0.05, 0) is 18.9 Å². The molecule has 126 valence electrons. The Morgan fingerprint density at radius 1 is 1.12 bits per heavy atom. The van der Waals surface area contributed by atoms with Gasteiger partial charge in [0.15, 0.2) is 11.0 Å². The Hall–Kier alpha value is -2.15. The maximum atomic E-state index is 5.28. The monoisotopic (exact) mass is 343 g/mol. The van der Waals surface area contributed by atoms with E-state index in [-0.39, 0.29) is 0 Å². The fourth-order valence-electron chi connectivity index (χ4n) is 2.45. The van der Waals surface area contributed by atoms with Gasteiger partial charge in [0.05, 0.1) is 5.75 Å². The largest absolute Gasteiger partial charge is 0.338 e. The highest BCUT2D eigenvalue weighted by Gasteiger charge is 2.14. The second-order valence-electron chi connectivity index (χ2n) is 5.45. The van der Waals surface area contributed by atoms with Crippen LogP contribution in [-0.2, 0) is 25.1 Å². The van der Waals surface area contributed by atoms with Gasteiger partial charge in [-0.1, -0.05) is 54.2 Å². The highest BCUT2D eigenvalue weighted by atomic mass is 32.2. The van der Waals surface area contributed by atoms with Gasteiger partial charge in [-0.2, -0.15) is 4.98 Å². The molecule has 0 N–H and O–H groups in total. The number of hydrogen-bond acceptors (Lipinski definition) is 6. The van der Waals surface area contributed by atoms with E-state index in [1.54, 1.807) is 11.8 Å². The normalized spacial score (nSPS) is 11.1. The Morgan fingerprint density at radius 2 is 1.96 bits per heavy atom. The third kappa shape index (κ3) is 4.03. The summed E-state index contributed by atoms with van der Waals surface area (Å²) < 4.78 is 7.42. The van der Waals surface area contributed by atoms with Gasteiger partial charge >= 0.3 is 0 Å². The van der Waals surface area contributed by atoms with Gasteiger partial charge in [0.2, 0.25) is 5.89 Å². The standard InChI is InChI=1S/C17H21N5OS/c1-3-8-14-18-16(23-21-14)12-24-17-20-19-15(22(17)4-2)11-13-9-6-5-7-10-13/h5-7,9-10H,3-4,8,11-12H2,1-2H3. The first kappa shape index (κ1) is 16.7. The van der Waals surface area contributed by atoms with E-state index in [1.807, 2.05) is 18.2 Å². The van der Waals surface area contributed by atoms with Gasteiger partial charge in [-0.15, -0.1) is 10.2 Å². The quantitative estimate of drug-likeness (QED) is 0.583. The Bertz CT molecular complexity index is 768. The van der Waals surface area contributed by atoms with Crippen molar-refractivity contribution in [2.45, 2.75) is 50.6 Å². The minimum absolute atomic E-state index is 0.611. The van der Waals surface area contributed by atoms with Crippen molar-refractivity contribution in [2.24, 2.45) is 0 Å². The molecule has 24 heavy (non-hydrogen) atoms. The molecule has 0 aliphatic carbocycles. The molecule has 3 rings (SSSR count).